The lowest BCUT2D eigenvalue weighted by atomic mass is 10.0. The number of nitriles is 1. The van der Waals surface area contributed by atoms with E-state index in [-0.39, 0.29) is 22.9 Å². The van der Waals surface area contributed by atoms with Gasteiger partial charge >= 0.3 is 0 Å². The van der Waals surface area contributed by atoms with E-state index in [4.69, 9.17) is 21.6 Å². The summed E-state index contributed by atoms with van der Waals surface area (Å²) in [5.41, 5.74) is 2.33. The Hall–Kier alpha value is -3.09. The summed E-state index contributed by atoms with van der Waals surface area (Å²) < 4.78 is 5.39. The summed E-state index contributed by atoms with van der Waals surface area (Å²) in [6.45, 7) is 1.83. The number of hydrogen-bond donors (Lipinski definition) is 1. The van der Waals surface area contributed by atoms with E-state index in [1.54, 1.807) is 12.1 Å². The fraction of sp³-hybridized carbons (Fsp3) is 0.263. The normalized spacial score (nSPS) is 17.4. The Morgan fingerprint density at radius 2 is 2.14 bits per heavy atom. The lowest BCUT2D eigenvalue weighted by Crippen LogP contribution is -2.14. The minimum absolute atomic E-state index is 0.0108. The van der Waals surface area contributed by atoms with E-state index in [0.717, 1.165) is 17.1 Å². The molecule has 1 saturated carbocycles. The highest BCUT2D eigenvalue weighted by molar-refractivity contribution is 7.15. The Bertz CT molecular complexity index is 1140. The van der Waals surface area contributed by atoms with E-state index < -0.39 is 0 Å². The van der Waals surface area contributed by atoms with Crippen LogP contribution in [0.3, 0.4) is 0 Å². The van der Waals surface area contributed by atoms with Crippen molar-refractivity contribution in [3.05, 3.63) is 45.9 Å². The molecule has 3 heterocycles. The number of ether oxygens (including phenoxy) is 1. The summed E-state index contributed by atoms with van der Waals surface area (Å²) in [5.74, 6) is 0.215. The highest BCUT2D eigenvalue weighted by atomic mass is 35.5. The third-order valence-electron chi connectivity index (χ3n) is 4.56. The third-order valence-corrected chi connectivity index (χ3v) is 5.74. The number of amides is 1. The van der Waals surface area contributed by atoms with Crippen molar-refractivity contribution in [1.29, 1.82) is 5.26 Å². The number of nitrogens with zero attached hydrogens (tertiary/aromatic N) is 5. The van der Waals surface area contributed by atoms with Gasteiger partial charge in [-0.1, -0.05) is 22.9 Å². The second-order valence-corrected chi connectivity index (χ2v) is 7.95. The van der Waals surface area contributed by atoms with Gasteiger partial charge in [0.25, 0.3) is 5.91 Å². The van der Waals surface area contributed by atoms with Crippen LogP contribution >= 0.6 is 22.9 Å². The number of methoxy groups -OCH3 is 1. The van der Waals surface area contributed by atoms with Gasteiger partial charge in [0.15, 0.2) is 0 Å². The van der Waals surface area contributed by atoms with Gasteiger partial charge in [-0.05, 0) is 25.5 Å². The largest absolute Gasteiger partial charge is 0.494 e. The van der Waals surface area contributed by atoms with Crippen LogP contribution in [0.4, 0.5) is 5.13 Å². The van der Waals surface area contributed by atoms with Crippen LogP contribution in [-0.2, 0) is 0 Å². The van der Waals surface area contributed by atoms with Gasteiger partial charge in [-0.15, -0.1) is 10.2 Å². The average Bonchev–Trinajstić information content (AvgIpc) is 3.37. The topological polar surface area (TPSA) is 114 Å². The third kappa shape index (κ3) is 3.90. The average molecular weight is 427 g/mol. The fourth-order valence-corrected chi connectivity index (χ4v) is 4.04. The first-order valence-corrected chi connectivity index (χ1v) is 9.90. The SMILES string of the molecule is COc1cnc(Cl)cc1-c1cc(C)ncc1C(=O)Nc1nnc(C2CC2C#N)s1. The number of halogens is 1. The van der Waals surface area contributed by atoms with Crippen LogP contribution in [0, 0.1) is 24.2 Å². The highest BCUT2D eigenvalue weighted by Crippen LogP contribution is 2.48. The first-order chi connectivity index (χ1) is 14.0. The first kappa shape index (κ1) is 19.2. The zero-order chi connectivity index (χ0) is 20.5. The number of carbonyl (C=O) groups is 1. The van der Waals surface area contributed by atoms with Gasteiger partial charge in [0.05, 0.1) is 30.9 Å². The Morgan fingerprint density at radius 1 is 1.31 bits per heavy atom. The Kier molecular flexibility index (Phi) is 5.13. The van der Waals surface area contributed by atoms with E-state index in [0.29, 0.717) is 27.6 Å². The predicted molar refractivity (Wildman–Crippen MR) is 108 cm³/mol. The first-order valence-electron chi connectivity index (χ1n) is 8.71. The zero-order valence-corrected chi connectivity index (χ0v) is 17.1. The van der Waals surface area contributed by atoms with Crippen molar-refractivity contribution >= 4 is 34.0 Å². The van der Waals surface area contributed by atoms with Gasteiger partial charge < -0.3 is 4.74 Å². The number of carbonyl (C=O) groups excluding carboxylic acids is 1. The number of nitrogens with one attached hydrogen (secondary N) is 1. The van der Waals surface area contributed by atoms with Gasteiger partial charge in [-0.3, -0.25) is 15.1 Å². The molecule has 0 saturated heterocycles. The highest BCUT2D eigenvalue weighted by Gasteiger charge is 2.41. The van der Waals surface area contributed by atoms with Crippen molar-refractivity contribution in [1.82, 2.24) is 20.2 Å². The minimum Gasteiger partial charge on any atom is -0.494 e. The van der Waals surface area contributed by atoms with Crippen molar-refractivity contribution in [2.24, 2.45) is 5.92 Å². The molecule has 0 aliphatic heterocycles. The van der Waals surface area contributed by atoms with Crippen molar-refractivity contribution in [3.8, 4) is 22.9 Å². The van der Waals surface area contributed by atoms with Crippen LogP contribution in [-0.4, -0.2) is 33.2 Å². The molecule has 2 unspecified atom stereocenters. The van der Waals surface area contributed by atoms with Crippen LogP contribution < -0.4 is 10.1 Å². The van der Waals surface area contributed by atoms with Gasteiger partial charge in [0, 0.05) is 28.9 Å². The minimum atomic E-state index is -0.377. The molecule has 29 heavy (non-hydrogen) atoms. The molecule has 3 aromatic rings. The maximum atomic E-state index is 13.0. The molecular formula is C19H15ClN6O2S. The molecule has 1 aliphatic carbocycles. The van der Waals surface area contributed by atoms with Crippen LogP contribution in [0.2, 0.25) is 5.15 Å². The second-order valence-electron chi connectivity index (χ2n) is 6.56. The number of hydrogen-bond acceptors (Lipinski definition) is 8. The Balaban J connectivity index is 1.65. The maximum Gasteiger partial charge on any atom is 0.259 e. The molecule has 2 atom stereocenters. The van der Waals surface area contributed by atoms with E-state index in [9.17, 15) is 4.79 Å². The molecule has 0 spiro atoms. The standard InChI is InChI=1S/C19H15ClN6O2S/c1-9-3-12(13-5-16(20)23-8-15(13)28-2)14(7-22-9)17(27)24-19-26-25-18(29-19)11-4-10(11)6-21/h3,5,7-8,10-11H,4H2,1-2H3,(H,24,26,27). The smallest absolute Gasteiger partial charge is 0.259 e. The molecule has 0 radical (unpaired) electrons. The van der Waals surface area contributed by atoms with Crippen molar-refractivity contribution in [2.75, 3.05) is 12.4 Å². The molecule has 1 N–H and O–H groups in total. The van der Waals surface area contributed by atoms with Crippen LogP contribution in [0.5, 0.6) is 5.75 Å². The van der Waals surface area contributed by atoms with Crippen molar-refractivity contribution in [2.45, 2.75) is 19.3 Å². The van der Waals surface area contributed by atoms with Gasteiger partial charge in [0.2, 0.25) is 5.13 Å². The zero-order valence-electron chi connectivity index (χ0n) is 15.5. The molecule has 3 aromatic heterocycles. The lowest BCUT2D eigenvalue weighted by Gasteiger charge is -2.13. The van der Waals surface area contributed by atoms with E-state index in [1.807, 2.05) is 6.92 Å². The Labute approximate surface area is 175 Å². The molecule has 8 nitrogen and oxygen atoms in total. The van der Waals surface area contributed by atoms with E-state index in [2.05, 4.69) is 31.6 Å². The molecule has 10 heteroatoms. The summed E-state index contributed by atoms with van der Waals surface area (Å²) >= 11 is 7.34. The van der Waals surface area contributed by atoms with E-state index >= 15 is 0 Å². The Morgan fingerprint density at radius 3 is 2.86 bits per heavy atom. The molecular weight excluding hydrogens is 412 g/mol. The number of aromatic nitrogens is 4. The summed E-state index contributed by atoms with van der Waals surface area (Å²) in [6.07, 6.45) is 3.80. The lowest BCUT2D eigenvalue weighted by molar-refractivity contribution is 0.102. The van der Waals surface area contributed by atoms with Crippen LogP contribution in [0.25, 0.3) is 11.1 Å². The van der Waals surface area contributed by atoms with Crippen molar-refractivity contribution < 1.29 is 9.53 Å². The summed E-state index contributed by atoms with van der Waals surface area (Å²) in [6, 6.07) is 5.66. The summed E-state index contributed by atoms with van der Waals surface area (Å²) in [4.78, 5) is 21.2. The summed E-state index contributed by atoms with van der Waals surface area (Å²) in [7, 11) is 1.53. The number of pyridine rings is 2. The molecule has 146 valence electrons. The van der Waals surface area contributed by atoms with Gasteiger partial charge in [-0.25, -0.2) is 4.98 Å². The molecule has 0 bridgehead atoms. The second kappa shape index (κ2) is 7.73. The fourth-order valence-electron chi connectivity index (χ4n) is 2.96. The predicted octanol–water partition coefficient (Wildman–Crippen LogP) is 3.84. The number of anilines is 1. The summed E-state index contributed by atoms with van der Waals surface area (Å²) in [5, 5.41) is 21.3. The molecule has 1 aliphatic rings. The number of rotatable bonds is 5. The number of aryl methyl sites for hydroxylation is 1. The van der Waals surface area contributed by atoms with Crippen molar-refractivity contribution in [3.63, 3.8) is 0 Å². The monoisotopic (exact) mass is 426 g/mol. The van der Waals surface area contributed by atoms with Crippen LogP contribution in [0.1, 0.15) is 33.4 Å². The van der Waals surface area contributed by atoms with Crippen LogP contribution in [0.15, 0.2) is 24.5 Å². The van der Waals surface area contributed by atoms with E-state index in [1.165, 1.54) is 30.8 Å². The maximum absolute atomic E-state index is 13.0. The molecule has 0 aromatic carbocycles. The van der Waals surface area contributed by atoms with Gasteiger partial charge in [-0.2, -0.15) is 5.26 Å². The molecule has 1 fully saturated rings. The van der Waals surface area contributed by atoms with Gasteiger partial charge in [0.1, 0.15) is 15.9 Å². The molecule has 1 amide bonds. The quantitative estimate of drug-likeness (QED) is 0.616. The molecule has 4 rings (SSSR count).